The van der Waals surface area contributed by atoms with Crippen molar-refractivity contribution < 1.29 is 23.1 Å². The molecule has 0 aliphatic heterocycles. The van der Waals surface area contributed by atoms with Crippen molar-refractivity contribution in [1.82, 2.24) is 9.78 Å². The number of para-hydroxylation sites is 1. The molecular weight excluding hydrogens is 339 g/mol. The molecule has 0 aliphatic carbocycles. The number of alkyl halides is 3. The summed E-state index contributed by atoms with van der Waals surface area (Å²) >= 11 is 0. The molecule has 25 heavy (non-hydrogen) atoms. The molecule has 128 valence electrons. The normalized spacial score (nSPS) is 11.5. The number of anilines is 1. The summed E-state index contributed by atoms with van der Waals surface area (Å²) in [5, 5.41) is 14.7. The average Bonchev–Trinajstić information content (AvgIpc) is 2.56. The van der Waals surface area contributed by atoms with Crippen molar-refractivity contribution in [3.63, 3.8) is 0 Å². The quantitative estimate of drug-likeness (QED) is 0.742. The Bertz CT molecular complexity index is 1030. The third-order valence-electron chi connectivity index (χ3n) is 3.44. The summed E-state index contributed by atoms with van der Waals surface area (Å²) in [6.07, 6.45) is -6.05. The number of nitrogens with one attached hydrogen (secondary N) is 1. The lowest BCUT2D eigenvalue weighted by molar-refractivity contribution is -0.137. The summed E-state index contributed by atoms with van der Waals surface area (Å²) in [6.45, 7) is 0. The molecule has 1 amide bonds. The van der Waals surface area contributed by atoms with E-state index in [2.05, 4.69) is 5.10 Å². The Kier molecular flexibility index (Phi) is 3.91. The molecule has 3 rings (SSSR count). The molecular formula is C16H10F3N3O3. The lowest BCUT2D eigenvalue weighted by Gasteiger charge is -2.14. The molecule has 0 fully saturated rings. The molecule has 0 spiro atoms. The zero-order chi connectivity index (χ0) is 18.2. The van der Waals surface area contributed by atoms with Crippen LogP contribution in [0.2, 0.25) is 0 Å². The van der Waals surface area contributed by atoms with Gasteiger partial charge >= 0.3 is 12.3 Å². The number of amides is 1. The topological polar surface area (TPSA) is 84.2 Å². The van der Waals surface area contributed by atoms with Crippen molar-refractivity contribution in [3.8, 4) is 5.69 Å². The SMILES string of the molecule is O=C(O)Nc1nn(-c2cccc(C(F)(F)F)c2)c2ccccc2c1=O. The van der Waals surface area contributed by atoms with Gasteiger partial charge < -0.3 is 5.11 Å². The molecule has 0 bridgehead atoms. The molecule has 2 N–H and O–H groups in total. The second-order valence-corrected chi connectivity index (χ2v) is 5.08. The van der Waals surface area contributed by atoms with Gasteiger partial charge in [0, 0.05) is 0 Å². The van der Waals surface area contributed by atoms with Gasteiger partial charge in [-0.25, -0.2) is 9.48 Å². The number of rotatable bonds is 2. The maximum Gasteiger partial charge on any atom is 0.416 e. The Morgan fingerprint density at radius 3 is 2.52 bits per heavy atom. The highest BCUT2D eigenvalue weighted by Crippen LogP contribution is 2.30. The first-order valence-electron chi connectivity index (χ1n) is 6.97. The molecule has 2 aromatic carbocycles. The minimum absolute atomic E-state index is 0.0412. The summed E-state index contributed by atoms with van der Waals surface area (Å²) in [5.74, 6) is -0.497. The van der Waals surface area contributed by atoms with Crippen LogP contribution in [0.1, 0.15) is 5.56 Å². The number of hydrogen-bond donors (Lipinski definition) is 2. The smallest absolute Gasteiger partial charge is 0.416 e. The minimum Gasteiger partial charge on any atom is -0.465 e. The van der Waals surface area contributed by atoms with E-state index in [1.807, 2.05) is 5.32 Å². The van der Waals surface area contributed by atoms with E-state index in [9.17, 15) is 22.8 Å². The fourth-order valence-corrected chi connectivity index (χ4v) is 2.37. The second kappa shape index (κ2) is 5.93. The van der Waals surface area contributed by atoms with Gasteiger partial charge in [0.2, 0.25) is 11.2 Å². The van der Waals surface area contributed by atoms with Crippen molar-refractivity contribution in [2.45, 2.75) is 6.18 Å². The highest BCUT2D eigenvalue weighted by Gasteiger charge is 2.30. The monoisotopic (exact) mass is 349 g/mol. The molecule has 6 nitrogen and oxygen atoms in total. The Morgan fingerprint density at radius 1 is 1.12 bits per heavy atom. The number of hydrogen-bond acceptors (Lipinski definition) is 3. The number of nitrogens with zero attached hydrogens (tertiary/aromatic N) is 2. The van der Waals surface area contributed by atoms with Crippen LogP contribution < -0.4 is 10.7 Å². The molecule has 0 unspecified atom stereocenters. The van der Waals surface area contributed by atoms with Gasteiger partial charge in [-0.05, 0) is 30.3 Å². The van der Waals surface area contributed by atoms with Crippen LogP contribution in [0.15, 0.2) is 53.3 Å². The average molecular weight is 349 g/mol. The Balaban J connectivity index is 2.31. The van der Waals surface area contributed by atoms with Crippen LogP contribution in [0.25, 0.3) is 16.6 Å². The van der Waals surface area contributed by atoms with Crippen LogP contribution in [0, 0.1) is 0 Å². The highest BCUT2D eigenvalue weighted by atomic mass is 19.4. The third-order valence-corrected chi connectivity index (χ3v) is 3.44. The standard InChI is InChI=1S/C16H10F3N3O3/c17-16(18,19)9-4-3-5-10(8-9)22-12-7-2-1-6-11(12)13(23)14(21-22)20-15(24)25/h1-8H,(H,20,21)(H,24,25). The molecule has 0 saturated carbocycles. The summed E-state index contributed by atoms with van der Waals surface area (Å²) in [6, 6.07) is 10.5. The highest BCUT2D eigenvalue weighted by molar-refractivity contribution is 5.87. The molecule has 3 aromatic rings. The number of aromatic nitrogens is 2. The Labute approximate surface area is 138 Å². The molecule has 0 aliphatic rings. The van der Waals surface area contributed by atoms with Crippen molar-refractivity contribution >= 4 is 22.8 Å². The summed E-state index contributed by atoms with van der Waals surface area (Å²) in [7, 11) is 0. The van der Waals surface area contributed by atoms with E-state index in [-0.39, 0.29) is 16.6 Å². The van der Waals surface area contributed by atoms with E-state index < -0.39 is 29.1 Å². The number of halogens is 3. The molecule has 0 saturated heterocycles. The lowest BCUT2D eigenvalue weighted by Crippen LogP contribution is -2.22. The maximum atomic E-state index is 12.9. The predicted molar refractivity (Wildman–Crippen MR) is 84.0 cm³/mol. The maximum absolute atomic E-state index is 12.9. The van der Waals surface area contributed by atoms with Crippen molar-refractivity contribution in [1.29, 1.82) is 0 Å². The van der Waals surface area contributed by atoms with Crippen LogP contribution in [0.4, 0.5) is 23.8 Å². The van der Waals surface area contributed by atoms with Gasteiger partial charge in [0.25, 0.3) is 0 Å². The zero-order valence-electron chi connectivity index (χ0n) is 12.4. The van der Waals surface area contributed by atoms with E-state index in [0.717, 1.165) is 16.8 Å². The largest absolute Gasteiger partial charge is 0.465 e. The Morgan fingerprint density at radius 2 is 1.84 bits per heavy atom. The van der Waals surface area contributed by atoms with Crippen molar-refractivity contribution in [3.05, 3.63) is 64.3 Å². The van der Waals surface area contributed by atoms with Crippen LogP contribution in [-0.2, 0) is 6.18 Å². The van der Waals surface area contributed by atoms with Gasteiger partial charge in [-0.2, -0.15) is 13.2 Å². The molecule has 0 atom stereocenters. The molecule has 9 heteroatoms. The summed E-state index contributed by atoms with van der Waals surface area (Å²) in [4.78, 5) is 23.1. The van der Waals surface area contributed by atoms with Crippen molar-refractivity contribution in [2.75, 3.05) is 5.32 Å². The van der Waals surface area contributed by atoms with Crippen LogP contribution in [0.5, 0.6) is 0 Å². The van der Waals surface area contributed by atoms with E-state index in [4.69, 9.17) is 5.11 Å². The summed E-state index contributed by atoms with van der Waals surface area (Å²) < 4.78 is 39.9. The molecule has 1 heterocycles. The lowest BCUT2D eigenvalue weighted by atomic mass is 10.1. The fourth-order valence-electron chi connectivity index (χ4n) is 2.37. The zero-order valence-corrected chi connectivity index (χ0v) is 12.4. The van der Waals surface area contributed by atoms with E-state index in [1.54, 1.807) is 12.1 Å². The van der Waals surface area contributed by atoms with Crippen LogP contribution in [-0.4, -0.2) is 21.0 Å². The van der Waals surface area contributed by atoms with Gasteiger partial charge in [-0.15, -0.1) is 5.10 Å². The summed E-state index contributed by atoms with van der Waals surface area (Å²) in [5.41, 5.74) is -1.26. The second-order valence-electron chi connectivity index (χ2n) is 5.08. The third kappa shape index (κ3) is 3.16. The predicted octanol–water partition coefficient (Wildman–Crippen LogP) is 3.49. The van der Waals surface area contributed by atoms with Gasteiger partial charge in [-0.1, -0.05) is 18.2 Å². The van der Waals surface area contributed by atoms with Gasteiger partial charge in [0.05, 0.1) is 22.2 Å². The first-order valence-corrected chi connectivity index (χ1v) is 6.97. The van der Waals surface area contributed by atoms with Crippen molar-refractivity contribution in [2.24, 2.45) is 0 Å². The van der Waals surface area contributed by atoms with Gasteiger partial charge in [0.1, 0.15) is 0 Å². The van der Waals surface area contributed by atoms with Gasteiger partial charge in [0.15, 0.2) is 0 Å². The van der Waals surface area contributed by atoms with Crippen LogP contribution >= 0.6 is 0 Å². The van der Waals surface area contributed by atoms with E-state index in [0.29, 0.717) is 0 Å². The number of fused-ring (bicyclic) bond motifs is 1. The van der Waals surface area contributed by atoms with E-state index in [1.165, 1.54) is 24.3 Å². The number of carbonyl (C=O) groups is 1. The molecule has 0 radical (unpaired) electrons. The number of benzene rings is 2. The Hall–Kier alpha value is -3.36. The first-order chi connectivity index (χ1) is 11.8. The minimum atomic E-state index is -4.55. The molecule has 1 aromatic heterocycles. The fraction of sp³-hybridized carbons (Fsp3) is 0.0625. The van der Waals surface area contributed by atoms with Crippen LogP contribution in [0.3, 0.4) is 0 Å². The van der Waals surface area contributed by atoms with Gasteiger partial charge in [-0.3, -0.25) is 10.1 Å². The number of carboxylic acid groups (broad SMARTS) is 1. The first kappa shape index (κ1) is 16.5. The van der Waals surface area contributed by atoms with E-state index >= 15 is 0 Å².